The molecule has 5 heteroatoms. The summed E-state index contributed by atoms with van der Waals surface area (Å²) in [5, 5.41) is 3.47. The second-order valence-corrected chi connectivity index (χ2v) is 8.06. The third-order valence-corrected chi connectivity index (χ3v) is 6.27. The van der Waals surface area contributed by atoms with Crippen LogP contribution in [0.5, 0.6) is 0 Å². The van der Waals surface area contributed by atoms with Gasteiger partial charge >= 0.3 is 0 Å². The lowest BCUT2D eigenvalue weighted by Gasteiger charge is -2.38. The lowest BCUT2D eigenvalue weighted by molar-refractivity contribution is 0.330. The Morgan fingerprint density at radius 2 is 1.86 bits per heavy atom. The highest BCUT2D eigenvalue weighted by atomic mass is 32.2. The molecule has 1 fully saturated rings. The van der Waals surface area contributed by atoms with Crippen LogP contribution in [0.25, 0.3) is 0 Å². The van der Waals surface area contributed by atoms with Crippen LogP contribution in [-0.2, 0) is 9.84 Å². The number of hydrogen-bond acceptors (Lipinski definition) is 4. The molecule has 0 spiro atoms. The van der Waals surface area contributed by atoms with E-state index in [4.69, 9.17) is 5.73 Å². The summed E-state index contributed by atoms with van der Waals surface area (Å²) in [4.78, 5) is 0.408. The normalized spacial score (nSPS) is 18.4. The SMILES string of the molecule is CCCS(=O)(=O)c1ccccc1NC1(CN)CCCCC1. The van der Waals surface area contributed by atoms with Gasteiger partial charge in [-0.2, -0.15) is 0 Å². The first kappa shape index (κ1) is 16.3. The van der Waals surface area contributed by atoms with E-state index in [1.165, 1.54) is 6.42 Å². The van der Waals surface area contributed by atoms with Gasteiger partial charge in [0.1, 0.15) is 0 Å². The molecule has 1 aromatic rings. The summed E-state index contributed by atoms with van der Waals surface area (Å²) in [6, 6.07) is 7.21. The number of hydrogen-bond donors (Lipinski definition) is 2. The van der Waals surface area contributed by atoms with Crippen LogP contribution < -0.4 is 11.1 Å². The Balaban J connectivity index is 2.32. The van der Waals surface area contributed by atoms with Gasteiger partial charge in [0.15, 0.2) is 9.84 Å². The highest BCUT2D eigenvalue weighted by Gasteiger charge is 2.32. The summed E-state index contributed by atoms with van der Waals surface area (Å²) < 4.78 is 24.8. The van der Waals surface area contributed by atoms with Gasteiger partial charge in [-0.1, -0.05) is 38.3 Å². The first-order valence-electron chi connectivity index (χ1n) is 7.83. The number of anilines is 1. The number of nitrogens with one attached hydrogen (secondary N) is 1. The molecule has 0 saturated heterocycles. The fourth-order valence-electron chi connectivity index (χ4n) is 3.11. The molecule has 0 amide bonds. The molecule has 0 aromatic heterocycles. The van der Waals surface area contributed by atoms with Gasteiger partial charge in [0.05, 0.1) is 16.3 Å². The van der Waals surface area contributed by atoms with E-state index in [-0.39, 0.29) is 11.3 Å². The smallest absolute Gasteiger partial charge is 0.180 e. The summed E-state index contributed by atoms with van der Waals surface area (Å²) in [6.45, 7) is 2.42. The monoisotopic (exact) mass is 310 g/mol. The maximum atomic E-state index is 12.4. The van der Waals surface area contributed by atoms with Crippen molar-refractivity contribution in [3.8, 4) is 0 Å². The number of rotatable bonds is 6. The Hall–Kier alpha value is -1.07. The molecule has 3 N–H and O–H groups in total. The Morgan fingerprint density at radius 3 is 2.48 bits per heavy atom. The third-order valence-electron chi connectivity index (χ3n) is 4.30. The minimum atomic E-state index is -3.23. The maximum absolute atomic E-state index is 12.4. The molecular formula is C16H26N2O2S. The first-order chi connectivity index (χ1) is 10.0. The number of sulfone groups is 1. The number of para-hydroxylation sites is 1. The van der Waals surface area contributed by atoms with E-state index in [0.29, 0.717) is 23.5 Å². The summed E-state index contributed by atoms with van der Waals surface area (Å²) in [7, 11) is -3.23. The summed E-state index contributed by atoms with van der Waals surface area (Å²) in [5.41, 5.74) is 6.54. The van der Waals surface area contributed by atoms with E-state index in [2.05, 4.69) is 5.32 Å². The fourth-order valence-corrected chi connectivity index (χ4v) is 4.61. The topological polar surface area (TPSA) is 72.2 Å². The molecule has 0 atom stereocenters. The second-order valence-electron chi connectivity index (χ2n) is 5.99. The van der Waals surface area contributed by atoms with E-state index in [1.54, 1.807) is 12.1 Å². The van der Waals surface area contributed by atoms with Gasteiger partial charge in [-0.15, -0.1) is 0 Å². The minimum Gasteiger partial charge on any atom is -0.377 e. The van der Waals surface area contributed by atoms with Crippen LogP contribution in [0.15, 0.2) is 29.2 Å². The Kier molecular flexibility index (Phi) is 5.27. The first-order valence-corrected chi connectivity index (χ1v) is 9.48. The van der Waals surface area contributed by atoms with Gasteiger partial charge in [0, 0.05) is 12.1 Å². The average molecular weight is 310 g/mol. The molecule has 0 bridgehead atoms. The van der Waals surface area contributed by atoms with Crippen molar-refractivity contribution in [3.63, 3.8) is 0 Å². The predicted molar refractivity (Wildman–Crippen MR) is 87.3 cm³/mol. The Labute approximate surface area is 128 Å². The van der Waals surface area contributed by atoms with Crippen molar-refractivity contribution in [2.75, 3.05) is 17.6 Å². The molecule has 1 saturated carbocycles. The van der Waals surface area contributed by atoms with Crippen LogP contribution in [0.3, 0.4) is 0 Å². The van der Waals surface area contributed by atoms with Crippen molar-refractivity contribution < 1.29 is 8.42 Å². The van der Waals surface area contributed by atoms with Gasteiger partial charge in [-0.3, -0.25) is 0 Å². The molecule has 1 aromatic carbocycles. The van der Waals surface area contributed by atoms with Crippen molar-refractivity contribution in [2.24, 2.45) is 5.73 Å². The molecule has 118 valence electrons. The molecular weight excluding hydrogens is 284 g/mol. The summed E-state index contributed by atoms with van der Waals surface area (Å²) in [5.74, 6) is 0.182. The highest BCUT2D eigenvalue weighted by molar-refractivity contribution is 7.91. The van der Waals surface area contributed by atoms with Crippen molar-refractivity contribution in [2.45, 2.75) is 55.9 Å². The standard InChI is InChI=1S/C16H26N2O2S/c1-2-12-21(19,20)15-9-5-4-8-14(15)18-16(13-17)10-6-3-7-11-16/h4-5,8-9,18H,2-3,6-7,10-13,17H2,1H3. The molecule has 0 radical (unpaired) electrons. The quantitative estimate of drug-likeness (QED) is 0.847. The van der Waals surface area contributed by atoms with Gasteiger partial charge in [0.2, 0.25) is 0 Å². The van der Waals surface area contributed by atoms with Gasteiger partial charge in [0.25, 0.3) is 0 Å². The molecule has 21 heavy (non-hydrogen) atoms. The molecule has 0 aliphatic heterocycles. The Bertz CT molecular complexity index is 563. The summed E-state index contributed by atoms with van der Waals surface area (Å²) >= 11 is 0. The van der Waals surface area contributed by atoms with E-state index in [9.17, 15) is 8.42 Å². The molecule has 4 nitrogen and oxygen atoms in total. The zero-order valence-electron chi connectivity index (χ0n) is 12.8. The van der Waals surface area contributed by atoms with Crippen LogP contribution in [0, 0.1) is 0 Å². The molecule has 0 unspecified atom stereocenters. The maximum Gasteiger partial charge on any atom is 0.180 e. The van der Waals surface area contributed by atoms with Crippen LogP contribution in [0.2, 0.25) is 0 Å². The van der Waals surface area contributed by atoms with Crippen molar-refractivity contribution >= 4 is 15.5 Å². The van der Waals surface area contributed by atoms with Gasteiger partial charge in [-0.25, -0.2) is 8.42 Å². The molecule has 1 aliphatic carbocycles. The lowest BCUT2D eigenvalue weighted by Crippen LogP contribution is -2.47. The predicted octanol–water partition coefficient (Wildman–Crippen LogP) is 2.94. The molecule has 0 heterocycles. The van der Waals surface area contributed by atoms with Crippen LogP contribution >= 0.6 is 0 Å². The van der Waals surface area contributed by atoms with Gasteiger partial charge in [-0.05, 0) is 31.4 Å². The zero-order chi connectivity index (χ0) is 15.3. The zero-order valence-corrected chi connectivity index (χ0v) is 13.6. The molecule has 2 rings (SSSR count). The van der Waals surface area contributed by atoms with E-state index in [1.807, 2.05) is 19.1 Å². The molecule has 1 aliphatic rings. The van der Waals surface area contributed by atoms with Crippen LogP contribution in [-0.4, -0.2) is 26.3 Å². The van der Waals surface area contributed by atoms with Crippen molar-refractivity contribution in [1.82, 2.24) is 0 Å². The largest absolute Gasteiger partial charge is 0.377 e. The van der Waals surface area contributed by atoms with E-state index in [0.717, 1.165) is 25.7 Å². The van der Waals surface area contributed by atoms with Gasteiger partial charge < -0.3 is 11.1 Å². The van der Waals surface area contributed by atoms with Crippen molar-refractivity contribution in [1.29, 1.82) is 0 Å². The number of benzene rings is 1. The van der Waals surface area contributed by atoms with E-state index < -0.39 is 9.84 Å². The van der Waals surface area contributed by atoms with Crippen molar-refractivity contribution in [3.05, 3.63) is 24.3 Å². The van der Waals surface area contributed by atoms with E-state index >= 15 is 0 Å². The third kappa shape index (κ3) is 3.77. The Morgan fingerprint density at radius 1 is 1.19 bits per heavy atom. The lowest BCUT2D eigenvalue weighted by atomic mass is 9.81. The fraction of sp³-hybridized carbons (Fsp3) is 0.625. The minimum absolute atomic E-state index is 0.157. The van der Waals surface area contributed by atoms with Crippen LogP contribution in [0.1, 0.15) is 45.4 Å². The second kappa shape index (κ2) is 6.79. The summed E-state index contributed by atoms with van der Waals surface area (Å²) in [6.07, 6.45) is 6.16. The highest BCUT2D eigenvalue weighted by Crippen LogP contribution is 2.33. The van der Waals surface area contributed by atoms with Crippen LogP contribution in [0.4, 0.5) is 5.69 Å². The number of nitrogens with two attached hydrogens (primary N) is 1. The average Bonchev–Trinajstić information content (AvgIpc) is 2.48.